The van der Waals surface area contributed by atoms with Gasteiger partial charge in [0, 0.05) is 17.2 Å². The summed E-state index contributed by atoms with van der Waals surface area (Å²) in [5, 5.41) is 4.09. The summed E-state index contributed by atoms with van der Waals surface area (Å²) in [7, 11) is 0. The predicted molar refractivity (Wildman–Crippen MR) is 63.7 cm³/mol. The van der Waals surface area contributed by atoms with Gasteiger partial charge in [-0.1, -0.05) is 53.7 Å². The molecule has 1 aromatic heterocycles. The van der Waals surface area contributed by atoms with E-state index in [2.05, 4.69) is 17.3 Å². The van der Waals surface area contributed by atoms with E-state index < -0.39 is 0 Å². The number of benzene rings is 1. The minimum absolute atomic E-state index is 0.865. The molecule has 1 aliphatic rings. The molecule has 3 rings (SSSR count). The summed E-state index contributed by atoms with van der Waals surface area (Å²) in [6, 6.07) is 12.0. The number of allylic oxidation sites excluding steroid dienone is 4. The summed E-state index contributed by atoms with van der Waals surface area (Å²) in [5.41, 5.74) is 3.17. The Morgan fingerprint density at radius 2 is 2.00 bits per heavy atom. The van der Waals surface area contributed by atoms with Gasteiger partial charge in [0.25, 0.3) is 0 Å². The molecule has 0 fully saturated rings. The minimum Gasteiger partial charge on any atom is -0.356 e. The molecule has 0 radical (unpaired) electrons. The van der Waals surface area contributed by atoms with Crippen LogP contribution in [0.4, 0.5) is 0 Å². The molecule has 2 aromatic rings. The molecule has 16 heavy (non-hydrogen) atoms. The van der Waals surface area contributed by atoms with E-state index in [1.165, 1.54) is 5.57 Å². The van der Waals surface area contributed by atoms with Crippen molar-refractivity contribution >= 4 is 5.57 Å². The Morgan fingerprint density at radius 3 is 2.75 bits per heavy atom. The molecule has 1 aliphatic carbocycles. The highest BCUT2D eigenvalue weighted by Crippen LogP contribution is 2.27. The van der Waals surface area contributed by atoms with Crippen LogP contribution in [0.25, 0.3) is 16.8 Å². The predicted octanol–water partition coefficient (Wildman–Crippen LogP) is 3.68. The fourth-order valence-corrected chi connectivity index (χ4v) is 1.80. The fraction of sp³-hybridized carbons (Fsp3) is 0.0714. The standard InChI is InChI=1S/C14H11NO/c1-2-6-11(7-3-1)13-10-14(16-15-13)12-8-4-5-9-12/h1-8,10H,9H2. The average molecular weight is 209 g/mol. The van der Waals surface area contributed by atoms with Gasteiger partial charge in [0.15, 0.2) is 5.76 Å². The van der Waals surface area contributed by atoms with E-state index in [9.17, 15) is 0 Å². The van der Waals surface area contributed by atoms with E-state index in [-0.39, 0.29) is 0 Å². The highest BCUT2D eigenvalue weighted by molar-refractivity contribution is 5.70. The molecule has 0 N–H and O–H groups in total. The Balaban J connectivity index is 1.94. The maximum atomic E-state index is 5.34. The first kappa shape index (κ1) is 9.16. The van der Waals surface area contributed by atoms with Gasteiger partial charge in [-0.3, -0.25) is 0 Å². The molecule has 78 valence electrons. The quantitative estimate of drug-likeness (QED) is 0.754. The van der Waals surface area contributed by atoms with Crippen LogP contribution in [0.15, 0.2) is 59.1 Å². The van der Waals surface area contributed by atoms with Crippen molar-refractivity contribution in [3.05, 3.63) is 60.4 Å². The van der Waals surface area contributed by atoms with Gasteiger partial charge in [-0.15, -0.1) is 0 Å². The molecule has 0 saturated heterocycles. The van der Waals surface area contributed by atoms with Crippen LogP contribution in [0.1, 0.15) is 12.2 Å². The number of hydrogen-bond acceptors (Lipinski definition) is 2. The SMILES string of the molecule is C1=CCC(c2cc(-c3ccccc3)no2)=C1. The highest BCUT2D eigenvalue weighted by Gasteiger charge is 2.10. The molecule has 0 unspecified atom stereocenters. The van der Waals surface area contributed by atoms with Crippen LogP contribution >= 0.6 is 0 Å². The summed E-state index contributed by atoms with van der Waals surface area (Å²) >= 11 is 0. The van der Waals surface area contributed by atoms with Gasteiger partial charge < -0.3 is 4.52 Å². The Kier molecular flexibility index (Phi) is 2.18. The van der Waals surface area contributed by atoms with Crippen molar-refractivity contribution in [2.24, 2.45) is 0 Å². The third kappa shape index (κ3) is 1.58. The van der Waals surface area contributed by atoms with Crippen LogP contribution in [0.5, 0.6) is 0 Å². The molecule has 0 aliphatic heterocycles. The van der Waals surface area contributed by atoms with Crippen molar-refractivity contribution in [1.82, 2.24) is 5.16 Å². The summed E-state index contributed by atoms with van der Waals surface area (Å²) in [6.45, 7) is 0. The zero-order chi connectivity index (χ0) is 10.8. The smallest absolute Gasteiger partial charge is 0.163 e. The number of rotatable bonds is 2. The zero-order valence-corrected chi connectivity index (χ0v) is 8.76. The van der Waals surface area contributed by atoms with E-state index in [1.54, 1.807) is 0 Å². The lowest BCUT2D eigenvalue weighted by atomic mass is 10.1. The Hall–Kier alpha value is -2.09. The lowest BCUT2D eigenvalue weighted by molar-refractivity contribution is 0.412. The second-order valence-electron chi connectivity index (χ2n) is 3.77. The maximum Gasteiger partial charge on any atom is 0.163 e. The van der Waals surface area contributed by atoms with Crippen LogP contribution in [-0.4, -0.2) is 5.16 Å². The van der Waals surface area contributed by atoms with Crippen molar-refractivity contribution < 1.29 is 4.52 Å². The van der Waals surface area contributed by atoms with Crippen molar-refractivity contribution in [2.75, 3.05) is 0 Å². The molecule has 1 heterocycles. The van der Waals surface area contributed by atoms with E-state index in [4.69, 9.17) is 4.52 Å². The number of hydrogen-bond donors (Lipinski definition) is 0. The number of aromatic nitrogens is 1. The Morgan fingerprint density at radius 1 is 1.12 bits per heavy atom. The van der Waals surface area contributed by atoms with E-state index in [1.807, 2.05) is 42.5 Å². The van der Waals surface area contributed by atoms with Crippen molar-refractivity contribution in [1.29, 1.82) is 0 Å². The topological polar surface area (TPSA) is 26.0 Å². The molecule has 0 spiro atoms. The third-order valence-electron chi connectivity index (χ3n) is 2.67. The van der Waals surface area contributed by atoms with Gasteiger partial charge in [0.05, 0.1) is 0 Å². The van der Waals surface area contributed by atoms with Gasteiger partial charge in [-0.2, -0.15) is 0 Å². The third-order valence-corrected chi connectivity index (χ3v) is 2.67. The fourth-order valence-electron chi connectivity index (χ4n) is 1.80. The Labute approximate surface area is 93.9 Å². The minimum atomic E-state index is 0.865. The van der Waals surface area contributed by atoms with Gasteiger partial charge >= 0.3 is 0 Å². The first-order valence-corrected chi connectivity index (χ1v) is 5.32. The van der Waals surface area contributed by atoms with Crippen LogP contribution < -0.4 is 0 Å². The van der Waals surface area contributed by atoms with Crippen LogP contribution in [0.2, 0.25) is 0 Å². The zero-order valence-electron chi connectivity index (χ0n) is 8.76. The van der Waals surface area contributed by atoms with E-state index >= 15 is 0 Å². The molecule has 2 nitrogen and oxygen atoms in total. The van der Waals surface area contributed by atoms with E-state index in [0.29, 0.717) is 0 Å². The van der Waals surface area contributed by atoms with Crippen LogP contribution in [0.3, 0.4) is 0 Å². The molecular formula is C14H11NO. The average Bonchev–Trinajstić information content (AvgIpc) is 3.01. The monoisotopic (exact) mass is 209 g/mol. The van der Waals surface area contributed by atoms with Gasteiger partial charge in [0.2, 0.25) is 0 Å². The normalized spacial score (nSPS) is 14.1. The first-order chi connectivity index (χ1) is 7.93. The van der Waals surface area contributed by atoms with Crippen LogP contribution in [0, 0.1) is 0 Å². The van der Waals surface area contributed by atoms with E-state index in [0.717, 1.165) is 23.4 Å². The van der Waals surface area contributed by atoms with Gasteiger partial charge in [-0.25, -0.2) is 0 Å². The second kappa shape index (κ2) is 3.81. The molecule has 2 heteroatoms. The molecular weight excluding hydrogens is 198 g/mol. The summed E-state index contributed by atoms with van der Waals surface area (Å²) < 4.78 is 5.34. The molecule has 1 aromatic carbocycles. The van der Waals surface area contributed by atoms with Crippen molar-refractivity contribution in [3.8, 4) is 11.3 Å². The molecule has 0 amide bonds. The summed E-state index contributed by atoms with van der Waals surface area (Å²) in [5.74, 6) is 0.865. The Bertz CT molecular complexity index is 549. The van der Waals surface area contributed by atoms with Gasteiger partial charge in [0.1, 0.15) is 5.69 Å². The lowest BCUT2D eigenvalue weighted by Crippen LogP contribution is -1.75. The summed E-state index contributed by atoms with van der Waals surface area (Å²) in [4.78, 5) is 0. The maximum absolute atomic E-state index is 5.34. The highest BCUT2D eigenvalue weighted by atomic mass is 16.5. The van der Waals surface area contributed by atoms with Crippen LogP contribution in [-0.2, 0) is 0 Å². The lowest BCUT2D eigenvalue weighted by Gasteiger charge is -1.92. The van der Waals surface area contributed by atoms with Gasteiger partial charge in [-0.05, 0) is 6.42 Å². The number of nitrogens with zero attached hydrogens (tertiary/aromatic N) is 1. The second-order valence-corrected chi connectivity index (χ2v) is 3.77. The van der Waals surface area contributed by atoms with Crippen molar-refractivity contribution in [2.45, 2.75) is 6.42 Å². The first-order valence-electron chi connectivity index (χ1n) is 5.32. The van der Waals surface area contributed by atoms with Crippen molar-refractivity contribution in [3.63, 3.8) is 0 Å². The molecule has 0 atom stereocenters. The molecule has 0 saturated carbocycles. The molecule has 0 bridgehead atoms. The largest absolute Gasteiger partial charge is 0.356 e. The summed E-state index contributed by atoms with van der Waals surface area (Å²) in [6.07, 6.45) is 7.15.